The Morgan fingerprint density at radius 2 is 2.10 bits per heavy atom. The summed E-state index contributed by atoms with van der Waals surface area (Å²) in [7, 11) is 1.94. The third kappa shape index (κ3) is 2.51. The van der Waals surface area contributed by atoms with Crippen LogP contribution in [0.5, 0.6) is 0 Å². The molecule has 1 unspecified atom stereocenters. The molecular weight excluding hydrogens is 269 g/mol. The Hall–Kier alpha value is -2.31. The van der Waals surface area contributed by atoms with Crippen LogP contribution in [0.1, 0.15) is 17.6 Å². The van der Waals surface area contributed by atoms with E-state index < -0.39 is 6.04 Å². The number of aryl methyl sites for hydroxylation is 1. The molecule has 2 aromatic heterocycles. The van der Waals surface area contributed by atoms with Crippen LogP contribution in [-0.4, -0.2) is 14.5 Å². The lowest BCUT2D eigenvalue weighted by Gasteiger charge is -2.15. The minimum atomic E-state index is -0.429. The van der Waals surface area contributed by atoms with Gasteiger partial charge in [-0.25, -0.2) is 9.37 Å². The fourth-order valence-corrected chi connectivity index (χ4v) is 2.45. The quantitative estimate of drug-likeness (QED) is 0.567. The number of nitrogens with zero attached hydrogens (tertiary/aromatic N) is 3. The summed E-state index contributed by atoms with van der Waals surface area (Å²) in [4.78, 5) is 8.65. The van der Waals surface area contributed by atoms with Crippen LogP contribution in [0.4, 0.5) is 4.39 Å². The van der Waals surface area contributed by atoms with Gasteiger partial charge in [-0.05, 0) is 24.3 Å². The summed E-state index contributed by atoms with van der Waals surface area (Å²) in [5, 5.41) is 0. The van der Waals surface area contributed by atoms with E-state index in [4.69, 9.17) is 5.84 Å². The van der Waals surface area contributed by atoms with Crippen LogP contribution in [0.2, 0.25) is 0 Å². The molecule has 0 aliphatic carbocycles. The Balaban J connectivity index is 1.96. The molecule has 0 radical (unpaired) electrons. The summed E-state index contributed by atoms with van der Waals surface area (Å²) in [5.74, 6) is 6.02. The number of benzene rings is 1. The molecule has 108 valence electrons. The Kier molecular flexibility index (Phi) is 3.64. The molecule has 0 fully saturated rings. The van der Waals surface area contributed by atoms with Crippen LogP contribution in [0.25, 0.3) is 11.0 Å². The molecule has 1 aromatic carbocycles. The standard InChI is InChI=1S/C15H16FN5/c1-21-13-7-3-2-6-11(13)19-14(21)9-12(20-17)15-10(16)5-4-8-18-15/h2-8,12,20H,9,17H2,1H3. The maximum atomic E-state index is 13.8. The molecule has 3 aromatic rings. The lowest BCUT2D eigenvalue weighted by Crippen LogP contribution is -2.31. The van der Waals surface area contributed by atoms with Crippen molar-refractivity contribution in [3.05, 3.63) is 59.9 Å². The first kappa shape index (κ1) is 13.7. The summed E-state index contributed by atoms with van der Waals surface area (Å²) in [5.41, 5.74) is 4.86. The predicted molar refractivity (Wildman–Crippen MR) is 78.7 cm³/mol. The van der Waals surface area contributed by atoms with E-state index in [9.17, 15) is 4.39 Å². The SMILES string of the molecule is Cn1c(CC(NN)c2ncccc2F)nc2ccccc21. The van der Waals surface area contributed by atoms with E-state index in [1.807, 2.05) is 35.9 Å². The van der Waals surface area contributed by atoms with E-state index >= 15 is 0 Å². The zero-order valence-electron chi connectivity index (χ0n) is 11.6. The molecule has 6 heteroatoms. The van der Waals surface area contributed by atoms with E-state index in [1.165, 1.54) is 6.07 Å². The number of hydrazine groups is 1. The number of hydrogen-bond acceptors (Lipinski definition) is 4. The molecule has 0 aliphatic heterocycles. The second-order valence-corrected chi connectivity index (χ2v) is 4.87. The molecule has 2 heterocycles. The lowest BCUT2D eigenvalue weighted by molar-refractivity contribution is 0.483. The molecule has 3 N–H and O–H groups in total. The van der Waals surface area contributed by atoms with Crippen LogP contribution in [0.3, 0.4) is 0 Å². The Morgan fingerprint density at radius 3 is 2.81 bits per heavy atom. The highest BCUT2D eigenvalue weighted by molar-refractivity contribution is 5.75. The number of nitrogens with one attached hydrogen (secondary N) is 1. The average molecular weight is 285 g/mol. The molecule has 0 bridgehead atoms. The van der Waals surface area contributed by atoms with Gasteiger partial charge in [0.25, 0.3) is 0 Å². The van der Waals surface area contributed by atoms with Gasteiger partial charge in [-0.15, -0.1) is 0 Å². The Labute approximate surface area is 121 Å². The van der Waals surface area contributed by atoms with E-state index in [0.29, 0.717) is 12.1 Å². The molecule has 0 saturated heterocycles. The van der Waals surface area contributed by atoms with Crippen molar-refractivity contribution >= 4 is 11.0 Å². The van der Waals surface area contributed by atoms with Gasteiger partial charge in [0.05, 0.1) is 22.8 Å². The van der Waals surface area contributed by atoms with Crippen LogP contribution < -0.4 is 11.3 Å². The Morgan fingerprint density at radius 1 is 1.29 bits per heavy atom. The molecule has 0 spiro atoms. The topological polar surface area (TPSA) is 68.8 Å². The number of aromatic nitrogens is 3. The van der Waals surface area contributed by atoms with Gasteiger partial charge < -0.3 is 4.57 Å². The van der Waals surface area contributed by atoms with Crippen LogP contribution in [0.15, 0.2) is 42.6 Å². The molecule has 3 rings (SSSR count). The first-order valence-corrected chi connectivity index (χ1v) is 6.67. The zero-order valence-corrected chi connectivity index (χ0v) is 11.6. The predicted octanol–water partition coefficient (Wildman–Crippen LogP) is 1.85. The third-order valence-electron chi connectivity index (χ3n) is 3.58. The smallest absolute Gasteiger partial charge is 0.146 e. The minimum absolute atomic E-state index is 0.298. The summed E-state index contributed by atoms with van der Waals surface area (Å²) in [6, 6.07) is 10.4. The molecule has 0 aliphatic rings. The number of rotatable bonds is 4. The summed E-state index contributed by atoms with van der Waals surface area (Å²) in [6.07, 6.45) is 2.01. The summed E-state index contributed by atoms with van der Waals surface area (Å²) >= 11 is 0. The maximum Gasteiger partial charge on any atom is 0.146 e. The number of hydrogen-bond donors (Lipinski definition) is 2. The molecule has 0 amide bonds. The zero-order chi connectivity index (χ0) is 14.8. The van der Waals surface area contributed by atoms with Crippen molar-refractivity contribution in [3.8, 4) is 0 Å². The van der Waals surface area contributed by atoms with Crippen molar-refractivity contribution in [1.82, 2.24) is 20.0 Å². The largest absolute Gasteiger partial charge is 0.331 e. The van der Waals surface area contributed by atoms with Crippen molar-refractivity contribution in [3.63, 3.8) is 0 Å². The highest BCUT2D eigenvalue weighted by Crippen LogP contribution is 2.21. The second-order valence-electron chi connectivity index (χ2n) is 4.87. The number of nitrogens with two attached hydrogens (primary N) is 1. The highest BCUT2D eigenvalue weighted by atomic mass is 19.1. The van der Waals surface area contributed by atoms with Gasteiger partial charge in [-0.1, -0.05) is 12.1 Å². The summed E-state index contributed by atoms with van der Waals surface area (Å²) < 4.78 is 15.8. The number of imidazole rings is 1. The van der Waals surface area contributed by atoms with Gasteiger partial charge in [0.2, 0.25) is 0 Å². The van der Waals surface area contributed by atoms with E-state index in [2.05, 4.69) is 15.4 Å². The number of para-hydroxylation sites is 2. The monoisotopic (exact) mass is 285 g/mol. The lowest BCUT2D eigenvalue weighted by atomic mass is 10.1. The molecule has 5 nitrogen and oxygen atoms in total. The summed E-state index contributed by atoms with van der Waals surface area (Å²) in [6.45, 7) is 0. The number of halogens is 1. The van der Waals surface area contributed by atoms with Crippen LogP contribution in [-0.2, 0) is 13.5 Å². The van der Waals surface area contributed by atoms with Gasteiger partial charge in [-0.3, -0.25) is 16.3 Å². The van der Waals surface area contributed by atoms with Gasteiger partial charge >= 0.3 is 0 Å². The maximum absolute atomic E-state index is 13.8. The second kappa shape index (κ2) is 5.59. The number of fused-ring (bicyclic) bond motifs is 1. The highest BCUT2D eigenvalue weighted by Gasteiger charge is 2.19. The normalized spacial score (nSPS) is 12.7. The van der Waals surface area contributed by atoms with Crippen molar-refractivity contribution in [2.45, 2.75) is 12.5 Å². The van der Waals surface area contributed by atoms with Crippen molar-refractivity contribution in [1.29, 1.82) is 0 Å². The first-order chi connectivity index (χ1) is 10.2. The Bertz CT molecular complexity index is 768. The molecule has 0 saturated carbocycles. The first-order valence-electron chi connectivity index (χ1n) is 6.67. The fourth-order valence-electron chi connectivity index (χ4n) is 2.45. The van der Waals surface area contributed by atoms with Gasteiger partial charge in [0.1, 0.15) is 11.6 Å². The van der Waals surface area contributed by atoms with Crippen LogP contribution in [0, 0.1) is 5.82 Å². The van der Waals surface area contributed by atoms with E-state index in [1.54, 1.807) is 12.3 Å². The van der Waals surface area contributed by atoms with Gasteiger partial charge in [0.15, 0.2) is 0 Å². The van der Waals surface area contributed by atoms with Crippen molar-refractivity contribution in [2.24, 2.45) is 12.9 Å². The van der Waals surface area contributed by atoms with Crippen LogP contribution >= 0.6 is 0 Å². The third-order valence-corrected chi connectivity index (χ3v) is 3.58. The average Bonchev–Trinajstić information content (AvgIpc) is 2.82. The van der Waals surface area contributed by atoms with Crippen molar-refractivity contribution in [2.75, 3.05) is 0 Å². The van der Waals surface area contributed by atoms with Gasteiger partial charge in [-0.2, -0.15) is 0 Å². The van der Waals surface area contributed by atoms with E-state index in [-0.39, 0.29) is 5.82 Å². The van der Waals surface area contributed by atoms with Crippen molar-refractivity contribution < 1.29 is 4.39 Å². The minimum Gasteiger partial charge on any atom is -0.331 e. The molecule has 1 atom stereocenters. The van der Waals surface area contributed by atoms with Gasteiger partial charge in [0, 0.05) is 19.7 Å². The molecular formula is C15H16FN5. The molecule has 21 heavy (non-hydrogen) atoms. The van der Waals surface area contributed by atoms with E-state index in [0.717, 1.165) is 16.9 Å². The number of pyridine rings is 1. The fraction of sp³-hybridized carbons (Fsp3) is 0.200.